The van der Waals surface area contributed by atoms with E-state index in [1.54, 1.807) is 45.0 Å². The van der Waals surface area contributed by atoms with Crippen molar-refractivity contribution in [2.75, 3.05) is 0 Å². The minimum atomic E-state index is -3.95. The Balaban J connectivity index is 1.85. The van der Waals surface area contributed by atoms with Gasteiger partial charge < -0.3 is 14.5 Å². The normalized spacial score (nSPS) is 12.9. The molecule has 10 heteroatoms. The molecule has 170 valence electrons. The predicted molar refractivity (Wildman–Crippen MR) is 119 cm³/mol. The van der Waals surface area contributed by atoms with Crippen LogP contribution in [-0.4, -0.2) is 30.3 Å². The molecular weight excluding hydrogens is 454 g/mol. The van der Waals surface area contributed by atoms with E-state index in [0.29, 0.717) is 17.0 Å². The van der Waals surface area contributed by atoms with Gasteiger partial charge in [-0.2, -0.15) is 0 Å². The summed E-state index contributed by atoms with van der Waals surface area (Å²) in [6, 6.07) is 15.1. The van der Waals surface area contributed by atoms with Crippen LogP contribution in [-0.2, 0) is 26.7 Å². The lowest BCUT2D eigenvalue weighted by Crippen LogP contribution is -2.36. The first kappa shape index (κ1) is 23.7. The highest BCUT2D eigenvalue weighted by atomic mass is 35.5. The molecule has 1 atom stereocenters. The molecule has 0 fully saturated rings. The molecule has 1 unspecified atom stereocenters. The van der Waals surface area contributed by atoms with Crippen molar-refractivity contribution in [2.45, 2.75) is 49.8 Å². The van der Waals surface area contributed by atoms with E-state index < -0.39 is 38.5 Å². The molecule has 0 radical (unpaired) electrons. The van der Waals surface area contributed by atoms with Gasteiger partial charge in [0.15, 0.2) is 0 Å². The van der Waals surface area contributed by atoms with Crippen LogP contribution in [0.5, 0.6) is 0 Å². The van der Waals surface area contributed by atoms with Crippen LogP contribution < -0.4 is 5.32 Å². The van der Waals surface area contributed by atoms with Crippen LogP contribution in [0, 0.1) is 0 Å². The van der Waals surface area contributed by atoms with Crippen LogP contribution in [0.1, 0.15) is 43.8 Å². The molecule has 1 amide bonds. The summed E-state index contributed by atoms with van der Waals surface area (Å²) in [5, 5.41) is 10.1. The molecule has 0 bridgehead atoms. The molecule has 0 saturated heterocycles. The van der Waals surface area contributed by atoms with Crippen molar-refractivity contribution in [3.63, 3.8) is 0 Å². The van der Waals surface area contributed by atoms with Gasteiger partial charge in [-0.25, -0.2) is 13.2 Å². The number of halogens is 1. The monoisotopic (exact) mass is 477 g/mol. The summed E-state index contributed by atoms with van der Waals surface area (Å²) in [5.74, 6) is -0.436. The van der Waals surface area contributed by atoms with Gasteiger partial charge in [-0.3, -0.25) is 0 Å². The lowest BCUT2D eigenvalue weighted by Gasteiger charge is -2.22. The standard InChI is InChI=1S/C22H24ClN3O5S/c1-22(2,3)31-20(27)24-18(13-15-9-5-4-6-10-15)19-25-26-21(30-19)32(28,29)14-16-11-7-8-12-17(16)23/h4-12,18H,13-14H2,1-3H3,(H,24,27). The highest BCUT2D eigenvalue weighted by Gasteiger charge is 2.29. The van der Waals surface area contributed by atoms with E-state index in [4.69, 9.17) is 20.8 Å². The molecule has 0 aliphatic carbocycles. The van der Waals surface area contributed by atoms with Gasteiger partial charge in [0.2, 0.25) is 15.7 Å². The van der Waals surface area contributed by atoms with E-state index in [2.05, 4.69) is 15.5 Å². The van der Waals surface area contributed by atoms with Crippen molar-refractivity contribution in [1.29, 1.82) is 0 Å². The van der Waals surface area contributed by atoms with Crippen molar-refractivity contribution in [3.05, 3.63) is 76.6 Å². The van der Waals surface area contributed by atoms with Crippen molar-refractivity contribution in [3.8, 4) is 0 Å². The van der Waals surface area contributed by atoms with Gasteiger partial charge in [0, 0.05) is 11.4 Å². The van der Waals surface area contributed by atoms with Gasteiger partial charge in [0.25, 0.3) is 0 Å². The smallest absolute Gasteiger partial charge is 0.408 e. The number of carbonyl (C=O) groups is 1. The van der Waals surface area contributed by atoms with Crippen LogP contribution >= 0.6 is 11.6 Å². The van der Waals surface area contributed by atoms with Crippen LogP contribution in [0.25, 0.3) is 0 Å². The summed E-state index contributed by atoms with van der Waals surface area (Å²) in [6.07, 6.45) is -0.385. The van der Waals surface area contributed by atoms with Crippen LogP contribution in [0.2, 0.25) is 5.02 Å². The van der Waals surface area contributed by atoms with Crippen molar-refractivity contribution in [1.82, 2.24) is 15.5 Å². The molecule has 3 aromatic rings. The van der Waals surface area contributed by atoms with Crippen LogP contribution in [0.4, 0.5) is 4.79 Å². The van der Waals surface area contributed by atoms with E-state index in [1.807, 2.05) is 30.3 Å². The second kappa shape index (κ2) is 9.70. The molecule has 3 rings (SSSR count). The zero-order valence-electron chi connectivity index (χ0n) is 17.9. The van der Waals surface area contributed by atoms with E-state index in [0.717, 1.165) is 5.56 Å². The first-order chi connectivity index (χ1) is 15.0. The molecule has 0 aliphatic heterocycles. The molecule has 1 N–H and O–H groups in total. The third kappa shape index (κ3) is 6.54. The first-order valence-corrected chi connectivity index (χ1v) is 11.9. The number of carbonyl (C=O) groups excluding carboxylic acids is 1. The topological polar surface area (TPSA) is 111 Å². The number of nitrogens with one attached hydrogen (secondary N) is 1. The highest BCUT2D eigenvalue weighted by molar-refractivity contribution is 7.90. The number of hydrogen-bond donors (Lipinski definition) is 1. The second-order valence-electron chi connectivity index (χ2n) is 8.15. The number of sulfone groups is 1. The number of aromatic nitrogens is 2. The fourth-order valence-electron chi connectivity index (χ4n) is 2.87. The Hall–Kier alpha value is -2.91. The Kier molecular flexibility index (Phi) is 7.20. The van der Waals surface area contributed by atoms with E-state index in [1.165, 1.54) is 0 Å². The van der Waals surface area contributed by atoms with Gasteiger partial charge in [-0.1, -0.05) is 65.2 Å². The third-order valence-corrected chi connectivity index (χ3v) is 6.02. The Morgan fingerprint density at radius 2 is 1.75 bits per heavy atom. The fraction of sp³-hybridized carbons (Fsp3) is 0.318. The van der Waals surface area contributed by atoms with Crippen LogP contribution in [0.15, 0.2) is 64.2 Å². The van der Waals surface area contributed by atoms with Gasteiger partial charge in [-0.05, 0) is 38.0 Å². The number of nitrogens with zero attached hydrogens (tertiary/aromatic N) is 2. The Labute approximate surface area is 191 Å². The van der Waals surface area contributed by atoms with Gasteiger partial charge in [0.05, 0.1) is 5.75 Å². The van der Waals surface area contributed by atoms with E-state index in [-0.39, 0.29) is 5.89 Å². The Morgan fingerprint density at radius 3 is 2.41 bits per heavy atom. The number of rotatable bonds is 7. The molecular formula is C22H24ClN3O5S. The third-order valence-electron chi connectivity index (χ3n) is 4.26. The SMILES string of the molecule is CC(C)(C)OC(=O)NC(Cc1ccccc1)c1nnc(S(=O)(=O)Cc2ccccc2Cl)o1. The molecule has 0 aliphatic rings. The predicted octanol–water partition coefficient (Wildman–Crippen LogP) is 4.51. The lowest BCUT2D eigenvalue weighted by atomic mass is 10.1. The second-order valence-corrected chi connectivity index (χ2v) is 10.4. The van der Waals surface area contributed by atoms with Crippen molar-refractivity contribution in [2.24, 2.45) is 0 Å². The average molecular weight is 478 g/mol. The van der Waals surface area contributed by atoms with E-state index in [9.17, 15) is 13.2 Å². The zero-order valence-corrected chi connectivity index (χ0v) is 19.5. The van der Waals surface area contributed by atoms with Crippen molar-refractivity contribution >= 4 is 27.5 Å². The Bertz CT molecular complexity index is 1170. The molecule has 1 aromatic heterocycles. The average Bonchev–Trinajstić information content (AvgIpc) is 3.20. The molecule has 2 aromatic carbocycles. The fourth-order valence-corrected chi connectivity index (χ4v) is 4.31. The number of alkyl carbamates (subject to hydrolysis) is 1. The lowest BCUT2D eigenvalue weighted by molar-refractivity contribution is 0.0494. The summed E-state index contributed by atoms with van der Waals surface area (Å²) >= 11 is 6.08. The maximum Gasteiger partial charge on any atom is 0.408 e. The van der Waals surface area contributed by atoms with Gasteiger partial charge >= 0.3 is 11.3 Å². The van der Waals surface area contributed by atoms with Crippen molar-refractivity contribution < 1.29 is 22.4 Å². The van der Waals surface area contributed by atoms with E-state index >= 15 is 0 Å². The molecule has 32 heavy (non-hydrogen) atoms. The zero-order chi connectivity index (χ0) is 23.4. The molecule has 0 spiro atoms. The molecule has 8 nitrogen and oxygen atoms in total. The Morgan fingerprint density at radius 1 is 1.09 bits per heavy atom. The minimum absolute atomic E-state index is 0.0440. The summed E-state index contributed by atoms with van der Waals surface area (Å²) in [5.41, 5.74) is 0.591. The number of hydrogen-bond acceptors (Lipinski definition) is 7. The summed E-state index contributed by atoms with van der Waals surface area (Å²) in [7, 11) is -3.95. The largest absolute Gasteiger partial charge is 0.444 e. The maximum atomic E-state index is 12.8. The summed E-state index contributed by atoms with van der Waals surface area (Å²) in [6.45, 7) is 5.22. The molecule has 1 heterocycles. The number of benzene rings is 2. The minimum Gasteiger partial charge on any atom is -0.444 e. The molecule has 0 saturated carbocycles. The summed E-state index contributed by atoms with van der Waals surface area (Å²) < 4.78 is 36.4. The van der Waals surface area contributed by atoms with Gasteiger partial charge in [-0.15, -0.1) is 5.10 Å². The maximum absolute atomic E-state index is 12.8. The summed E-state index contributed by atoms with van der Waals surface area (Å²) in [4.78, 5) is 12.4. The van der Waals surface area contributed by atoms with Crippen LogP contribution in [0.3, 0.4) is 0 Å². The number of ether oxygens (including phenoxy) is 1. The highest BCUT2D eigenvalue weighted by Crippen LogP contribution is 2.24. The first-order valence-electron chi connectivity index (χ1n) is 9.86. The quantitative estimate of drug-likeness (QED) is 0.533. The van der Waals surface area contributed by atoms with Gasteiger partial charge in [0.1, 0.15) is 11.6 Å². The number of amides is 1.